The summed E-state index contributed by atoms with van der Waals surface area (Å²) in [5, 5.41) is 3.62. The summed E-state index contributed by atoms with van der Waals surface area (Å²) in [6.45, 7) is 3.99. The van der Waals surface area contributed by atoms with Crippen molar-refractivity contribution in [1.29, 1.82) is 0 Å². The van der Waals surface area contributed by atoms with Crippen molar-refractivity contribution in [3.05, 3.63) is 73.6 Å². The molecule has 11 heteroatoms. The number of nitrogens with one attached hydrogen (secondary N) is 1. The molecule has 0 aliphatic carbocycles. The fourth-order valence-electron chi connectivity index (χ4n) is 3.34. The third-order valence-corrected chi connectivity index (χ3v) is 7.20. The van der Waals surface area contributed by atoms with Crippen LogP contribution in [-0.4, -0.2) is 20.4 Å². The summed E-state index contributed by atoms with van der Waals surface area (Å²) in [6, 6.07) is 5.12. The molecule has 172 valence electrons. The van der Waals surface area contributed by atoms with Crippen LogP contribution in [0.25, 0.3) is 10.2 Å². The molecule has 0 saturated heterocycles. The molecule has 0 radical (unpaired) electrons. The van der Waals surface area contributed by atoms with Gasteiger partial charge in [-0.05, 0) is 31.0 Å². The van der Waals surface area contributed by atoms with Crippen molar-refractivity contribution in [1.82, 2.24) is 14.5 Å². The van der Waals surface area contributed by atoms with Gasteiger partial charge in [-0.15, -0.1) is 22.7 Å². The maximum Gasteiger partial charge on any atom is 0.416 e. The third kappa shape index (κ3) is 5.14. The lowest BCUT2D eigenvalue weighted by Crippen LogP contribution is -2.23. The van der Waals surface area contributed by atoms with Gasteiger partial charge in [-0.2, -0.15) is 13.2 Å². The minimum atomic E-state index is -4.40. The first-order valence-corrected chi connectivity index (χ1v) is 11.6. The number of halogens is 3. The predicted octanol–water partition coefficient (Wildman–Crippen LogP) is 5.17. The Bertz CT molecular complexity index is 1390. The molecular formula is C22H19F3N4O2S2. The van der Waals surface area contributed by atoms with E-state index >= 15 is 0 Å². The van der Waals surface area contributed by atoms with E-state index in [2.05, 4.69) is 15.3 Å². The van der Waals surface area contributed by atoms with E-state index in [0.29, 0.717) is 20.9 Å². The Morgan fingerprint density at radius 1 is 1.18 bits per heavy atom. The number of hydrogen-bond donors (Lipinski definition) is 1. The van der Waals surface area contributed by atoms with Crippen LogP contribution in [0.3, 0.4) is 0 Å². The Labute approximate surface area is 194 Å². The second-order valence-corrected chi connectivity index (χ2v) is 9.83. The second kappa shape index (κ2) is 9.06. The highest BCUT2D eigenvalue weighted by molar-refractivity contribution is 7.18. The summed E-state index contributed by atoms with van der Waals surface area (Å²) in [7, 11) is 0. The Morgan fingerprint density at radius 2 is 1.97 bits per heavy atom. The van der Waals surface area contributed by atoms with Crippen molar-refractivity contribution in [3.8, 4) is 0 Å². The van der Waals surface area contributed by atoms with E-state index in [1.807, 2.05) is 13.8 Å². The predicted molar refractivity (Wildman–Crippen MR) is 123 cm³/mol. The van der Waals surface area contributed by atoms with Crippen LogP contribution in [-0.2, 0) is 23.9 Å². The first kappa shape index (κ1) is 23.1. The summed E-state index contributed by atoms with van der Waals surface area (Å²) in [5.41, 5.74) is 0.538. The van der Waals surface area contributed by atoms with Crippen LogP contribution in [0.15, 0.2) is 41.6 Å². The van der Waals surface area contributed by atoms with Crippen molar-refractivity contribution in [2.45, 2.75) is 39.4 Å². The van der Waals surface area contributed by atoms with Gasteiger partial charge >= 0.3 is 6.18 Å². The van der Waals surface area contributed by atoms with Gasteiger partial charge in [0.1, 0.15) is 4.83 Å². The van der Waals surface area contributed by atoms with Gasteiger partial charge in [-0.25, -0.2) is 9.97 Å². The molecule has 6 nitrogen and oxygen atoms in total. The number of thiophene rings is 1. The molecule has 0 bridgehead atoms. The third-order valence-electron chi connectivity index (χ3n) is 5.17. The van der Waals surface area contributed by atoms with Gasteiger partial charge in [0.2, 0.25) is 5.91 Å². The number of carbonyl (C=O) groups is 1. The first-order valence-electron chi connectivity index (χ1n) is 9.97. The standard InChI is InChI=1S/C22H19F3N4O2S2/c1-12-13(2)32-19-18(12)20(31)29(11-27-19)7-6-17(30)28-21-26-10-16(33-21)9-14-4-3-5-15(8-14)22(23,24)25/h3-5,8,10-11H,6-7,9H2,1-2H3,(H,26,28,30). The van der Waals surface area contributed by atoms with Gasteiger partial charge in [0.05, 0.1) is 17.3 Å². The van der Waals surface area contributed by atoms with Crippen LogP contribution in [0.4, 0.5) is 18.3 Å². The Balaban J connectivity index is 1.38. The number of amides is 1. The van der Waals surface area contributed by atoms with E-state index in [9.17, 15) is 22.8 Å². The molecule has 0 fully saturated rings. The van der Waals surface area contributed by atoms with Gasteiger partial charge in [-0.3, -0.25) is 14.2 Å². The Kier molecular flexibility index (Phi) is 6.35. The summed E-state index contributed by atoms with van der Waals surface area (Å²) in [5.74, 6) is -0.319. The fraction of sp³-hybridized carbons (Fsp3) is 0.273. The topological polar surface area (TPSA) is 76.9 Å². The van der Waals surface area contributed by atoms with Gasteiger partial charge in [0, 0.05) is 35.3 Å². The van der Waals surface area contributed by atoms with Gasteiger partial charge in [0.15, 0.2) is 5.13 Å². The molecule has 0 saturated carbocycles. The monoisotopic (exact) mass is 492 g/mol. The van der Waals surface area contributed by atoms with Crippen molar-refractivity contribution >= 4 is 43.9 Å². The number of alkyl halides is 3. The molecule has 0 spiro atoms. The van der Waals surface area contributed by atoms with Gasteiger partial charge in [-0.1, -0.05) is 18.2 Å². The number of aryl methyl sites for hydroxylation is 3. The number of rotatable bonds is 6. The van der Waals surface area contributed by atoms with Crippen LogP contribution < -0.4 is 10.9 Å². The highest BCUT2D eigenvalue weighted by Gasteiger charge is 2.30. The molecule has 3 heterocycles. The molecule has 0 aliphatic rings. The highest BCUT2D eigenvalue weighted by atomic mass is 32.1. The number of fused-ring (bicyclic) bond motifs is 1. The molecule has 1 aromatic carbocycles. The quantitative estimate of drug-likeness (QED) is 0.403. The van der Waals surface area contributed by atoms with E-state index in [1.54, 1.807) is 6.07 Å². The number of hydrogen-bond acceptors (Lipinski definition) is 6. The zero-order valence-corrected chi connectivity index (χ0v) is 19.3. The molecule has 4 aromatic rings. The number of anilines is 1. The van der Waals surface area contributed by atoms with E-state index in [0.717, 1.165) is 27.5 Å². The Hall–Kier alpha value is -3.05. The second-order valence-electron chi connectivity index (χ2n) is 7.51. The average molecular weight is 493 g/mol. The lowest BCUT2D eigenvalue weighted by molar-refractivity contribution is -0.137. The number of thiazole rings is 1. The van der Waals surface area contributed by atoms with Crippen molar-refractivity contribution in [2.75, 3.05) is 5.32 Å². The zero-order valence-electron chi connectivity index (χ0n) is 17.7. The molecule has 0 unspecified atom stereocenters. The molecule has 3 aromatic heterocycles. The van der Waals surface area contributed by atoms with E-state index in [-0.39, 0.29) is 30.9 Å². The van der Waals surface area contributed by atoms with Crippen LogP contribution >= 0.6 is 22.7 Å². The van der Waals surface area contributed by atoms with Crippen molar-refractivity contribution in [2.24, 2.45) is 0 Å². The highest BCUT2D eigenvalue weighted by Crippen LogP contribution is 2.30. The molecule has 1 N–H and O–H groups in total. The maximum atomic E-state index is 12.9. The normalized spacial score (nSPS) is 11.8. The largest absolute Gasteiger partial charge is 0.416 e. The van der Waals surface area contributed by atoms with Gasteiger partial charge in [0.25, 0.3) is 5.56 Å². The summed E-state index contributed by atoms with van der Waals surface area (Å²) in [6.07, 6.45) is -1.09. The van der Waals surface area contributed by atoms with Crippen LogP contribution in [0.1, 0.15) is 32.9 Å². The molecule has 0 aliphatic heterocycles. The minimum Gasteiger partial charge on any atom is -0.302 e. The lowest BCUT2D eigenvalue weighted by Gasteiger charge is -2.08. The molecule has 0 atom stereocenters. The van der Waals surface area contributed by atoms with Crippen LogP contribution in [0.2, 0.25) is 0 Å². The summed E-state index contributed by atoms with van der Waals surface area (Å²) in [4.78, 5) is 36.0. The molecule has 33 heavy (non-hydrogen) atoms. The fourth-order valence-corrected chi connectivity index (χ4v) is 5.19. The van der Waals surface area contributed by atoms with E-state index in [1.165, 1.54) is 45.8 Å². The van der Waals surface area contributed by atoms with E-state index < -0.39 is 11.7 Å². The smallest absolute Gasteiger partial charge is 0.302 e. The zero-order chi connectivity index (χ0) is 23.8. The number of nitrogens with zero attached hydrogens (tertiary/aromatic N) is 3. The van der Waals surface area contributed by atoms with Crippen molar-refractivity contribution < 1.29 is 18.0 Å². The SMILES string of the molecule is Cc1sc2ncn(CCC(=O)Nc3ncc(Cc4cccc(C(F)(F)F)c4)s3)c(=O)c2c1C. The summed E-state index contributed by atoms with van der Waals surface area (Å²) < 4.78 is 40.1. The number of aromatic nitrogens is 3. The first-order chi connectivity index (χ1) is 15.6. The van der Waals surface area contributed by atoms with Crippen molar-refractivity contribution in [3.63, 3.8) is 0 Å². The average Bonchev–Trinajstić information content (AvgIpc) is 3.31. The molecular weight excluding hydrogens is 473 g/mol. The number of carbonyl (C=O) groups excluding carboxylic acids is 1. The van der Waals surface area contributed by atoms with E-state index in [4.69, 9.17) is 0 Å². The van der Waals surface area contributed by atoms with Gasteiger partial charge < -0.3 is 5.32 Å². The summed E-state index contributed by atoms with van der Waals surface area (Å²) >= 11 is 2.66. The van der Waals surface area contributed by atoms with Crippen LogP contribution in [0.5, 0.6) is 0 Å². The molecule has 4 rings (SSSR count). The Morgan fingerprint density at radius 3 is 2.73 bits per heavy atom. The van der Waals surface area contributed by atoms with Crippen LogP contribution in [0, 0.1) is 13.8 Å². The molecule has 1 amide bonds. The lowest BCUT2D eigenvalue weighted by atomic mass is 10.1. The number of benzene rings is 1. The minimum absolute atomic E-state index is 0.0534. The maximum absolute atomic E-state index is 12.9.